The van der Waals surface area contributed by atoms with Crippen LogP contribution in [0.25, 0.3) is 0 Å². The van der Waals surface area contributed by atoms with E-state index in [-0.39, 0.29) is 17.5 Å². The van der Waals surface area contributed by atoms with E-state index in [1.165, 1.54) is 18.4 Å². The van der Waals surface area contributed by atoms with Crippen LogP contribution in [0, 0.1) is 5.92 Å². The molecule has 0 spiro atoms. The summed E-state index contributed by atoms with van der Waals surface area (Å²) in [5, 5.41) is 5.80. The van der Waals surface area contributed by atoms with Gasteiger partial charge in [-0.3, -0.25) is 0 Å². The quantitative estimate of drug-likeness (QED) is 0.752. The van der Waals surface area contributed by atoms with E-state index in [4.69, 9.17) is 4.74 Å². The Morgan fingerprint density at radius 1 is 1.26 bits per heavy atom. The first-order valence-corrected chi connectivity index (χ1v) is 8.59. The van der Waals surface area contributed by atoms with Crippen LogP contribution in [0.1, 0.15) is 57.7 Å². The molecule has 2 amide bonds. The molecule has 1 aliphatic rings. The Kier molecular flexibility index (Phi) is 6.05. The third-order valence-electron chi connectivity index (χ3n) is 4.21. The molecule has 1 unspecified atom stereocenters. The minimum absolute atomic E-state index is 0.0172. The van der Waals surface area contributed by atoms with Crippen LogP contribution < -0.4 is 10.6 Å². The summed E-state index contributed by atoms with van der Waals surface area (Å²) in [4.78, 5) is 11.9. The van der Waals surface area contributed by atoms with Gasteiger partial charge in [0, 0.05) is 13.2 Å². The SMILES string of the molecule is CC(NC(=O)NCCOCC1CC1)c1ccc(C(C)(C)C)cc1. The fraction of sp³-hybridized carbons (Fsp3) is 0.632. The van der Waals surface area contributed by atoms with Gasteiger partial charge in [-0.25, -0.2) is 4.79 Å². The van der Waals surface area contributed by atoms with E-state index in [9.17, 15) is 4.79 Å². The summed E-state index contributed by atoms with van der Waals surface area (Å²) in [7, 11) is 0. The monoisotopic (exact) mass is 318 g/mol. The molecule has 1 saturated carbocycles. The summed E-state index contributed by atoms with van der Waals surface area (Å²) in [6.45, 7) is 10.6. The van der Waals surface area contributed by atoms with E-state index in [1.807, 2.05) is 6.92 Å². The smallest absolute Gasteiger partial charge is 0.315 e. The van der Waals surface area contributed by atoms with Gasteiger partial charge in [0.1, 0.15) is 0 Å². The molecular formula is C19H30N2O2. The van der Waals surface area contributed by atoms with Gasteiger partial charge in [-0.1, -0.05) is 45.0 Å². The number of rotatable bonds is 7. The van der Waals surface area contributed by atoms with Crippen LogP contribution in [0.15, 0.2) is 24.3 Å². The molecule has 0 radical (unpaired) electrons. The Bertz CT molecular complexity index is 501. The topological polar surface area (TPSA) is 50.4 Å². The van der Waals surface area contributed by atoms with Gasteiger partial charge in [-0.15, -0.1) is 0 Å². The van der Waals surface area contributed by atoms with Crippen molar-refractivity contribution in [1.29, 1.82) is 0 Å². The van der Waals surface area contributed by atoms with Gasteiger partial charge in [-0.05, 0) is 42.2 Å². The van der Waals surface area contributed by atoms with Crippen molar-refractivity contribution < 1.29 is 9.53 Å². The van der Waals surface area contributed by atoms with Crippen molar-refractivity contribution >= 4 is 6.03 Å². The molecule has 23 heavy (non-hydrogen) atoms. The number of benzene rings is 1. The lowest BCUT2D eigenvalue weighted by Gasteiger charge is -2.21. The zero-order valence-corrected chi connectivity index (χ0v) is 14.8. The maximum atomic E-state index is 11.9. The van der Waals surface area contributed by atoms with Crippen LogP contribution in [-0.2, 0) is 10.2 Å². The zero-order valence-electron chi connectivity index (χ0n) is 14.8. The molecule has 0 saturated heterocycles. The van der Waals surface area contributed by atoms with Gasteiger partial charge < -0.3 is 15.4 Å². The molecule has 4 nitrogen and oxygen atoms in total. The van der Waals surface area contributed by atoms with Gasteiger partial charge in [0.25, 0.3) is 0 Å². The Morgan fingerprint density at radius 3 is 2.48 bits per heavy atom. The molecule has 4 heteroatoms. The highest BCUT2D eigenvalue weighted by atomic mass is 16.5. The zero-order chi connectivity index (χ0) is 16.9. The molecule has 0 aliphatic heterocycles. The predicted molar refractivity (Wildman–Crippen MR) is 93.6 cm³/mol. The molecule has 128 valence electrons. The summed E-state index contributed by atoms with van der Waals surface area (Å²) in [6.07, 6.45) is 2.58. The number of ether oxygens (including phenoxy) is 1. The highest BCUT2D eigenvalue weighted by Gasteiger charge is 2.21. The molecule has 0 aromatic heterocycles. The van der Waals surface area contributed by atoms with E-state index in [1.54, 1.807) is 0 Å². The first-order chi connectivity index (χ1) is 10.9. The van der Waals surface area contributed by atoms with Crippen molar-refractivity contribution in [3.63, 3.8) is 0 Å². The van der Waals surface area contributed by atoms with Crippen molar-refractivity contribution in [1.82, 2.24) is 10.6 Å². The van der Waals surface area contributed by atoms with Gasteiger partial charge >= 0.3 is 6.03 Å². The van der Waals surface area contributed by atoms with Crippen LogP contribution >= 0.6 is 0 Å². The lowest BCUT2D eigenvalue weighted by atomic mass is 9.86. The Hall–Kier alpha value is -1.55. The number of urea groups is 1. The van der Waals surface area contributed by atoms with Crippen molar-refractivity contribution in [2.45, 2.75) is 52.0 Å². The van der Waals surface area contributed by atoms with E-state index in [0.29, 0.717) is 13.2 Å². The average molecular weight is 318 g/mol. The predicted octanol–water partition coefficient (Wildman–Crippen LogP) is 3.77. The van der Waals surface area contributed by atoms with Gasteiger partial charge in [0.05, 0.1) is 12.6 Å². The summed E-state index contributed by atoms with van der Waals surface area (Å²) < 4.78 is 5.50. The van der Waals surface area contributed by atoms with Crippen LogP contribution in [0.2, 0.25) is 0 Å². The van der Waals surface area contributed by atoms with Gasteiger partial charge in [-0.2, -0.15) is 0 Å². The third kappa shape index (κ3) is 6.22. The van der Waals surface area contributed by atoms with Gasteiger partial charge in [0.15, 0.2) is 0 Å². The maximum Gasteiger partial charge on any atom is 0.315 e. The van der Waals surface area contributed by atoms with E-state index in [2.05, 4.69) is 55.7 Å². The van der Waals surface area contributed by atoms with Crippen molar-refractivity contribution in [3.8, 4) is 0 Å². The second kappa shape index (κ2) is 7.82. The Balaban J connectivity index is 1.69. The Labute approximate surface area is 140 Å². The molecule has 0 heterocycles. The number of carbonyl (C=O) groups is 1. The summed E-state index contributed by atoms with van der Waals surface area (Å²) >= 11 is 0. The van der Waals surface area contributed by atoms with Crippen LogP contribution in [-0.4, -0.2) is 25.8 Å². The van der Waals surface area contributed by atoms with Crippen LogP contribution in [0.5, 0.6) is 0 Å². The molecule has 2 rings (SSSR count). The molecule has 1 atom stereocenters. The maximum absolute atomic E-state index is 11.9. The van der Waals surface area contributed by atoms with Crippen molar-refractivity contribution in [2.75, 3.05) is 19.8 Å². The number of nitrogens with one attached hydrogen (secondary N) is 2. The second-order valence-corrected chi connectivity index (χ2v) is 7.51. The fourth-order valence-electron chi connectivity index (χ4n) is 2.37. The number of carbonyl (C=O) groups excluding carboxylic acids is 1. The van der Waals surface area contributed by atoms with E-state index < -0.39 is 0 Å². The van der Waals surface area contributed by atoms with Crippen LogP contribution in [0.3, 0.4) is 0 Å². The third-order valence-corrected chi connectivity index (χ3v) is 4.21. The lowest BCUT2D eigenvalue weighted by Crippen LogP contribution is -2.38. The first kappa shape index (κ1) is 17.8. The lowest BCUT2D eigenvalue weighted by molar-refractivity contribution is 0.127. The van der Waals surface area contributed by atoms with E-state index >= 15 is 0 Å². The minimum atomic E-state index is -0.146. The molecule has 1 aliphatic carbocycles. The molecule has 1 aromatic carbocycles. The summed E-state index contributed by atoms with van der Waals surface area (Å²) in [5.41, 5.74) is 2.55. The number of hydrogen-bond acceptors (Lipinski definition) is 2. The average Bonchev–Trinajstić information content (AvgIpc) is 3.30. The minimum Gasteiger partial charge on any atom is -0.379 e. The van der Waals surface area contributed by atoms with Crippen LogP contribution in [0.4, 0.5) is 4.79 Å². The molecule has 2 N–H and O–H groups in total. The molecule has 0 bridgehead atoms. The highest BCUT2D eigenvalue weighted by molar-refractivity contribution is 5.74. The largest absolute Gasteiger partial charge is 0.379 e. The van der Waals surface area contributed by atoms with Gasteiger partial charge in [0.2, 0.25) is 0 Å². The summed E-state index contributed by atoms with van der Waals surface area (Å²) in [5.74, 6) is 0.764. The molecular weight excluding hydrogens is 288 g/mol. The summed E-state index contributed by atoms with van der Waals surface area (Å²) in [6, 6.07) is 8.28. The number of hydrogen-bond donors (Lipinski definition) is 2. The molecule has 1 aromatic rings. The highest BCUT2D eigenvalue weighted by Crippen LogP contribution is 2.28. The first-order valence-electron chi connectivity index (χ1n) is 8.59. The molecule has 1 fully saturated rings. The second-order valence-electron chi connectivity index (χ2n) is 7.51. The van der Waals surface area contributed by atoms with Crippen molar-refractivity contribution in [2.24, 2.45) is 5.92 Å². The standard InChI is InChI=1S/C19H30N2O2/c1-14(16-7-9-17(10-8-16)19(2,3)4)21-18(22)20-11-12-23-13-15-5-6-15/h7-10,14-15H,5-6,11-13H2,1-4H3,(H2,20,21,22). The fourth-order valence-corrected chi connectivity index (χ4v) is 2.37. The normalized spacial score (nSPS) is 16.0. The van der Waals surface area contributed by atoms with E-state index in [0.717, 1.165) is 18.1 Å². The number of amides is 2. The van der Waals surface area contributed by atoms with Crippen molar-refractivity contribution in [3.05, 3.63) is 35.4 Å². The Morgan fingerprint density at radius 2 is 1.91 bits per heavy atom.